The molecule has 3 aromatic carbocycles. The summed E-state index contributed by atoms with van der Waals surface area (Å²) in [5.74, 6) is -5.01. The maximum absolute atomic E-state index is 14.3. The Labute approximate surface area is 181 Å². The maximum atomic E-state index is 14.3. The van der Waals surface area contributed by atoms with E-state index in [0.717, 1.165) is 24.3 Å². The molecular weight excluding hydrogens is 486 g/mol. The molecule has 0 saturated carbocycles. The quantitative estimate of drug-likeness (QED) is 0.413. The molecule has 0 atom stereocenters. The molecule has 176 valence electrons. The number of hydrogen-bond donors (Lipinski definition) is 1. The molecule has 0 bridgehead atoms. The van der Waals surface area contributed by atoms with E-state index in [1.807, 2.05) is 0 Å². The Hall–Kier alpha value is -3.35. The number of hydrogen-bond acceptors (Lipinski definition) is 3. The molecule has 0 unspecified atom stereocenters. The summed E-state index contributed by atoms with van der Waals surface area (Å²) in [5.41, 5.74) is -2.92. The average Bonchev–Trinajstić information content (AvgIpc) is 2.69. The SMILES string of the molecule is O=S(=O)(Nc1cc(-c2cc(F)cc(OC(F)F)c2)cc(F)c1F)c1cccc(C(F)(F)F)c1. The zero-order valence-electron chi connectivity index (χ0n) is 15.9. The zero-order chi connectivity index (χ0) is 24.6. The summed E-state index contributed by atoms with van der Waals surface area (Å²) < 4.78 is 136. The lowest BCUT2D eigenvalue weighted by Gasteiger charge is -2.14. The fourth-order valence-corrected chi connectivity index (χ4v) is 3.87. The van der Waals surface area contributed by atoms with Crippen LogP contribution in [0.1, 0.15) is 5.56 Å². The van der Waals surface area contributed by atoms with Crippen LogP contribution < -0.4 is 9.46 Å². The van der Waals surface area contributed by atoms with Crippen molar-refractivity contribution in [3.05, 3.63) is 77.6 Å². The summed E-state index contributed by atoms with van der Waals surface area (Å²) in [4.78, 5) is -0.888. The van der Waals surface area contributed by atoms with Crippen molar-refractivity contribution in [2.24, 2.45) is 0 Å². The highest BCUT2D eigenvalue weighted by Gasteiger charge is 2.32. The van der Waals surface area contributed by atoms with Crippen molar-refractivity contribution >= 4 is 15.7 Å². The van der Waals surface area contributed by atoms with Gasteiger partial charge in [-0.05, 0) is 53.6 Å². The van der Waals surface area contributed by atoms with Crippen LogP contribution in [0.2, 0.25) is 0 Å². The van der Waals surface area contributed by atoms with Crippen LogP contribution >= 0.6 is 0 Å². The lowest BCUT2D eigenvalue weighted by Crippen LogP contribution is -2.16. The van der Waals surface area contributed by atoms with Crippen molar-refractivity contribution in [1.29, 1.82) is 0 Å². The Kier molecular flexibility index (Phi) is 6.54. The molecule has 0 radical (unpaired) electrons. The van der Waals surface area contributed by atoms with Gasteiger partial charge in [0.2, 0.25) is 0 Å². The minimum atomic E-state index is -4.86. The Bertz CT molecular complexity index is 1290. The zero-order valence-corrected chi connectivity index (χ0v) is 16.7. The van der Waals surface area contributed by atoms with Crippen molar-refractivity contribution in [2.45, 2.75) is 17.7 Å². The second-order valence-corrected chi connectivity index (χ2v) is 8.19. The molecule has 4 nitrogen and oxygen atoms in total. The summed E-state index contributed by atoms with van der Waals surface area (Å²) >= 11 is 0. The van der Waals surface area contributed by atoms with Gasteiger partial charge < -0.3 is 4.74 Å². The van der Waals surface area contributed by atoms with Gasteiger partial charge in [0.15, 0.2) is 11.6 Å². The number of alkyl halides is 5. The van der Waals surface area contributed by atoms with Crippen LogP contribution in [0.15, 0.2) is 59.5 Å². The van der Waals surface area contributed by atoms with Crippen LogP contribution in [-0.4, -0.2) is 15.0 Å². The third-order valence-corrected chi connectivity index (χ3v) is 5.54. The van der Waals surface area contributed by atoms with Crippen LogP contribution in [0.25, 0.3) is 11.1 Å². The minimum absolute atomic E-state index is 0.274. The molecule has 1 N–H and O–H groups in total. The maximum Gasteiger partial charge on any atom is 0.416 e. The van der Waals surface area contributed by atoms with Gasteiger partial charge in [0.25, 0.3) is 10.0 Å². The molecule has 0 amide bonds. The molecule has 0 aliphatic heterocycles. The van der Waals surface area contributed by atoms with E-state index < -0.39 is 62.2 Å². The van der Waals surface area contributed by atoms with Gasteiger partial charge in [-0.1, -0.05) is 6.07 Å². The Morgan fingerprint density at radius 1 is 0.879 bits per heavy atom. The van der Waals surface area contributed by atoms with Crippen molar-refractivity contribution in [3.8, 4) is 16.9 Å². The summed E-state index contributed by atoms with van der Waals surface area (Å²) in [5, 5.41) is 0. The minimum Gasteiger partial charge on any atom is -0.435 e. The van der Waals surface area contributed by atoms with Crippen molar-refractivity contribution in [2.75, 3.05) is 4.72 Å². The largest absolute Gasteiger partial charge is 0.435 e. The predicted octanol–water partition coefficient (Wildman–Crippen LogP) is 6.19. The number of benzene rings is 3. The molecule has 0 saturated heterocycles. The first-order valence-electron chi connectivity index (χ1n) is 8.71. The monoisotopic (exact) mass is 497 g/mol. The molecule has 0 aliphatic rings. The lowest BCUT2D eigenvalue weighted by atomic mass is 10.0. The van der Waals surface area contributed by atoms with Crippen molar-refractivity contribution < 1.29 is 48.3 Å². The number of sulfonamides is 1. The Morgan fingerprint density at radius 2 is 1.55 bits per heavy atom. The number of nitrogens with one attached hydrogen (secondary N) is 1. The smallest absolute Gasteiger partial charge is 0.416 e. The molecule has 0 aromatic heterocycles. The molecule has 0 heterocycles. The molecular formula is C20H11F8NO3S. The highest BCUT2D eigenvalue weighted by Crippen LogP contribution is 2.33. The summed E-state index contributed by atoms with van der Waals surface area (Å²) in [6, 6.07) is 6.00. The molecule has 3 rings (SSSR count). The Morgan fingerprint density at radius 3 is 2.18 bits per heavy atom. The number of ether oxygens (including phenoxy) is 1. The van der Waals surface area contributed by atoms with E-state index >= 15 is 0 Å². The summed E-state index contributed by atoms with van der Waals surface area (Å²) in [6.45, 7) is -3.31. The first kappa shape index (κ1) is 24.3. The van der Waals surface area contributed by atoms with Crippen LogP contribution in [0.4, 0.5) is 40.8 Å². The van der Waals surface area contributed by atoms with E-state index in [4.69, 9.17) is 0 Å². The van der Waals surface area contributed by atoms with Gasteiger partial charge in [-0.15, -0.1) is 0 Å². The highest BCUT2D eigenvalue weighted by molar-refractivity contribution is 7.92. The second kappa shape index (κ2) is 8.89. The van der Waals surface area contributed by atoms with E-state index in [0.29, 0.717) is 30.3 Å². The number of rotatable bonds is 6. The van der Waals surface area contributed by atoms with Gasteiger partial charge in [0.1, 0.15) is 11.6 Å². The van der Waals surface area contributed by atoms with Gasteiger partial charge >= 0.3 is 12.8 Å². The summed E-state index contributed by atoms with van der Waals surface area (Å²) in [6.07, 6.45) is -4.86. The molecule has 3 aromatic rings. The van der Waals surface area contributed by atoms with Crippen LogP contribution in [0.3, 0.4) is 0 Å². The third kappa shape index (κ3) is 5.72. The van der Waals surface area contributed by atoms with Crippen molar-refractivity contribution in [1.82, 2.24) is 0 Å². The van der Waals surface area contributed by atoms with Gasteiger partial charge in [-0.2, -0.15) is 22.0 Å². The van der Waals surface area contributed by atoms with Crippen LogP contribution in [0, 0.1) is 17.5 Å². The van der Waals surface area contributed by atoms with Gasteiger partial charge in [-0.25, -0.2) is 21.6 Å². The van der Waals surface area contributed by atoms with E-state index in [2.05, 4.69) is 4.74 Å². The van der Waals surface area contributed by atoms with Crippen molar-refractivity contribution in [3.63, 3.8) is 0 Å². The second-order valence-electron chi connectivity index (χ2n) is 6.50. The van der Waals surface area contributed by atoms with E-state index in [1.165, 1.54) is 0 Å². The van der Waals surface area contributed by atoms with Gasteiger partial charge in [0.05, 0.1) is 16.1 Å². The number of anilines is 1. The molecule has 13 heteroatoms. The topological polar surface area (TPSA) is 55.4 Å². The molecule has 33 heavy (non-hydrogen) atoms. The van der Waals surface area contributed by atoms with E-state index in [1.54, 1.807) is 4.72 Å². The fourth-order valence-electron chi connectivity index (χ4n) is 2.77. The summed E-state index contributed by atoms with van der Waals surface area (Å²) in [7, 11) is -4.82. The van der Waals surface area contributed by atoms with E-state index in [9.17, 15) is 43.5 Å². The van der Waals surface area contributed by atoms with Gasteiger partial charge in [0, 0.05) is 6.07 Å². The van der Waals surface area contributed by atoms with Crippen LogP contribution in [0.5, 0.6) is 5.75 Å². The standard InChI is InChI=1S/C20H11F8NO3S/c21-13-4-10(5-14(9-13)32-19(24)25)11-6-16(22)18(23)17(7-11)29-33(30,31)15-3-1-2-12(8-15)20(26,27)28/h1-9,19,29H. The van der Waals surface area contributed by atoms with Crippen LogP contribution in [-0.2, 0) is 16.2 Å². The fraction of sp³-hybridized carbons (Fsp3) is 0.100. The first-order valence-corrected chi connectivity index (χ1v) is 10.2. The highest BCUT2D eigenvalue weighted by atomic mass is 32.2. The number of halogens is 8. The molecule has 0 aliphatic carbocycles. The first-order chi connectivity index (χ1) is 15.3. The van der Waals surface area contributed by atoms with E-state index in [-0.39, 0.29) is 11.1 Å². The average molecular weight is 497 g/mol. The Balaban J connectivity index is 2.03. The molecule has 0 spiro atoms. The lowest BCUT2D eigenvalue weighted by molar-refractivity contribution is -0.137. The molecule has 0 fully saturated rings. The van der Waals surface area contributed by atoms with Gasteiger partial charge in [-0.3, -0.25) is 4.72 Å². The normalized spacial score (nSPS) is 12.2. The predicted molar refractivity (Wildman–Crippen MR) is 101 cm³/mol. The third-order valence-electron chi connectivity index (χ3n) is 4.17.